The molecule has 12 N–H and O–H groups in total. The first-order chi connectivity index (χ1) is 16.8. The van der Waals surface area contributed by atoms with Crippen molar-refractivity contribution < 1.29 is 33.9 Å². The summed E-state index contributed by atoms with van der Waals surface area (Å²) in [6.45, 7) is 4.03. The molecule has 0 saturated carbocycles. The molecule has 4 unspecified atom stereocenters. The Labute approximate surface area is 210 Å². The van der Waals surface area contributed by atoms with Crippen molar-refractivity contribution in [3.05, 3.63) is 0 Å². The van der Waals surface area contributed by atoms with Gasteiger partial charge in [-0.25, -0.2) is 4.79 Å². The standard InChI is InChI=1S/C22H41N7O7/c1-12(2)11-16(21(34)28-15(22(35)36)7-9-18(26)31)29-20(33)14(6-8-17(25)30)27-19(32)13(24)5-3-4-10-23/h12-16H,3-11,23-24H2,1-2H3,(H2,25,30)(H2,26,31)(H,27,32)(H,28,34)(H,29,33)(H,35,36). The number of nitrogens with two attached hydrogens (primary N) is 4. The number of carbonyl (C=O) groups excluding carboxylic acids is 5. The normalized spacial score (nSPS) is 14.2. The molecular weight excluding hydrogens is 474 g/mol. The first-order valence-corrected chi connectivity index (χ1v) is 11.9. The molecule has 5 amide bonds. The molecule has 206 valence electrons. The van der Waals surface area contributed by atoms with Crippen LogP contribution in [0.2, 0.25) is 0 Å². The number of unbranched alkanes of at least 4 members (excludes halogenated alkanes) is 1. The monoisotopic (exact) mass is 515 g/mol. The summed E-state index contributed by atoms with van der Waals surface area (Å²) in [5.41, 5.74) is 21.6. The second-order valence-electron chi connectivity index (χ2n) is 9.05. The van der Waals surface area contributed by atoms with Crippen LogP contribution in [0.5, 0.6) is 0 Å². The highest BCUT2D eigenvalue weighted by atomic mass is 16.4. The van der Waals surface area contributed by atoms with E-state index in [1.54, 1.807) is 13.8 Å². The average molecular weight is 516 g/mol. The van der Waals surface area contributed by atoms with Crippen LogP contribution in [0.25, 0.3) is 0 Å². The molecule has 0 bridgehead atoms. The van der Waals surface area contributed by atoms with Gasteiger partial charge in [-0.1, -0.05) is 20.3 Å². The molecule has 0 aliphatic rings. The van der Waals surface area contributed by atoms with Crippen LogP contribution >= 0.6 is 0 Å². The molecule has 0 radical (unpaired) electrons. The van der Waals surface area contributed by atoms with Crippen LogP contribution in [0.4, 0.5) is 0 Å². The SMILES string of the molecule is CC(C)CC(NC(=O)C(CCC(N)=O)NC(=O)C(N)CCCCN)C(=O)NC(CCC(N)=O)C(=O)O. The number of nitrogens with one attached hydrogen (secondary N) is 3. The van der Waals surface area contributed by atoms with Gasteiger partial charge in [0.1, 0.15) is 18.1 Å². The summed E-state index contributed by atoms with van der Waals surface area (Å²) in [6.07, 6.45) is 0.951. The summed E-state index contributed by atoms with van der Waals surface area (Å²) in [6, 6.07) is -4.66. The van der Waals surface area contributed by atoms with Gasteiger partial charge in [0.05, 0.1) is 6.04 Å². The Kier molecular flexibility index (Phi) is 15.7. The first-order valence-electron chi connectivity index (χ1n) is 11.9. The van der Waals surface area contributed by atoms with Crippen LogP contribution < -0.4 is 38.9 Å². The molecule has 0 aromatic rings. The molecule has 0 fully saturated rings. The quantitative estimate of drug-likeness (QED) is 0.0848. The minimum atomic E-state index is -1.39. The van der Waals surface area contributed by atoms with E-state index in [0.717, 1.165) is 0 Å². The number of carbonyl (C=O) groups is 6. The molecule has 4 atom stereocenters. The highest BCUT2D eigenvalue weighted by Crippen LogP contribution is 2.09. The zero-order valence-corrected chi connectivity index (χ0v) is 21.0. The second-order valence-corrected chi connectivity index (χ2v) is 9.05. The van der Waals surface area contributed by atoms with Crippen LogP contribution in [0.1, 0.15) is 65.2 Å². The van der Waals surface area contributed by atoms with Crippen molar-refractivity contribution >= 4 is 35.5 Å². The summed E-state index contributed by atoms with van der Waals surface area (Å²) in [7, 11) is 0. The average Bonchev–Trinajstić information content (AvgIpc) is 2.77. The predicted octanol–water partition coefficient (Wildman–Crippen LogP) is -2.44. The van der Waals surface area contributed by atoms with Crippen LogP contribution in [0.15, 0.2) is 0 Å². The molecule has 14 heteroatoms. The van der Waals surface area contributed by atoms with Gasteiger partial charge in [-0.2, -0.15) is 0 Å². The van der Waals surface area contributed by atoms with E-state index in [9.17, 15) is 33.9 Å². The Bertz CT molecular complexity index is 776. The largest absolute Gasteiger partial charge is 0.480 e. The van der Waals surface area contributed by atoms with Gasteiger partial charge < -0.3 is 44.0 Å². The molecule has 14 nitrogen and oxygen atoms in total. The molecule has 0 spiro atoms. The number of rotatable bonds is 19. The van der Waals surface area contributed by atoms with Gasteiger partial charge in [0, 0.05) is 12.8 Å². The molecule has 0 aliphatic heterocycles. The number of aliphatic carboxylic acids is 1. The van der Waals surface area contributed by atoms with Gasteiger partial charge in [0.2, 0.25) is 29.5 Å². The van der Waals surface area contributed by atoms with E-state index in [-0.39, 0.29) is 38.0 Å². The maximum absolute atomic E-state index is 13.0. The van der Waals surface area contributed by atoms with E-state index in [0.29, 0.717) is 25.8 Å². The lowest BCUT2D eigenvalue weighted by atomic mass is 10.0. The van der Waals surface area contributed by atoms with Gasteiger partial charge >= 0.3 is 5.97 Å². The molecule has 0 saturated heterocycles. The molecule has 0 aromatic heterocycles. The summed E-state index contributed by atoms with van der Waals surface area (Å²) in [5.74, 6) is -5.02. The van der Waals surface area contributed by atoms with Crippen molar-refractivity contribution in [1.82, 2.24) is 16.0 Å². The number of hydrogen-bond acceptors (Lipinski definition) is 8. The molecule has 36 heavy (non-hydrogen) atoms. The van der Waals surface area contributed by atoms with E-state index in [1.807, 2.05) is 0 Å². The van der Waals surface area contributed by atoms with Gasteiger partial charge in [0.25, 0.3) is 0 Å². The Morgan fingerprint density at radius 3 is 1.67 bits per heavy atom. The zero-order chi connectivity index (χ0) is 27.8. The third kappa shape index (κ3) is 14.2. The Balaban J connectivity index is 5.51. The van der Waals surface area contributed by atoms with Crippen molar-refractivity contribution in [2.45, 2.75) is 89.4 Å². The van der Waals surface area contributed by atoms with E-state index < -0.39 is 59.7 Å². The number of amides is 5. The van der Waals surface area contributed by atoms with E-state index in [1.165, 1.54) is 0 Å². The molecule has 0 aliphatic carbocycles. The highest BCUT2D eigenvalue weighted by molar-refractivity contribution is 5.94. The lowest BCUT2D eigenvalue weighted by Gasteiger charge is -2.26. The van der Waals surface area contributed by atoms with Crippen molar-refractivity contribution in [1.29, 1.82) is 0 Å². The van der Waals surface area contributed by atoms with Crippen molar-refractivity contribution in [2.24, 2.45) is 28.9 Å². The van der Waals surface area contributed by atoms with Gasteiger partial charge in [0.15, 0.2) is 0 Å². The maximum atomic E-state index is 13.0. The number of hydrogen-bond donors (Lipinski definition) is 8. The Hall–Kier alpha value is -3.26. The van der Waals surface area contributed by atoms with Crippen LogP contribution in [0.3, 0.4) is 0 Å². The summed E-state index contributed by atoms with van der Waals surface area (Å²) < 4.78 is 0. The highest BCUT2D eigenvalue weighted by Gasteiger charge is 2.31. The summed E-state index contributed by atoms with van der Waals surface area (Å²) in [4.78, 5) is 72.1. The zero-order valence-electron chi connectivity index (χ0n) is 21.0. The van der Waals surface area contributed by atoms with Gasteiger partial charge in [-0.05, 0) is 44.6 Å². The fourth-order valence-corrected chi connectivity index (χ4v) is 3.27. The van der Waals surface area contributed by atoms with Crippen LogP contribution in [-0.2, 0) is 28.8 Å². The van der Waals surface area contributed by atoms with Crippen molar-refractivity contribution in [3.8, 4) is 0 Å². The minimum absolute atomic E-state index is 0.0791. The Morgan fingerprint density at radius 2 is 1.19 bits per heavy atom. The fraction of sp³-hybridized carbons (Fsp3) is 0.727. The topological polar surface area (TPSA) is 263 Å². The molecule has 0 aromatic carbocycles. The fourth-order valence-electron chi connectivity index (χ4n) is 3.27. The van der Waals surface area contributed by atoms with Gasteiger partial charge in [-0.3, -0.25) is 24.0 Å². The lowest BCUT2D eigenvalue weighted by molar-refractivity contribution is -0.142. The van der Waals surface area contributed by atoms with E-state index >= 15 is 0 Å². The summed E-state index contributed by atoms with van der Waals surface area (Å²) >= 11 is 0. The van der Waals surface area contributed by atoms with Crippen molar-refractivity contribution in [3.63, 3.8) is 0 Å². The van der Waals surface area contributed by atoms with Crippen LogP contribution in [0, 0.1) is 5.92 Å². The number of carboxylic acid groups (broad SMARTS) is 1. The first kappa shape index (κ1) is 32.7. The van der Waals surface area contributed by atoms with Crippen molar-refractivity contribution in [2.75, 3.05) is 6.54 Å². The smallest absolute Gasteiger partial charge is 0.326 e. The number of primary amides is 2. The third-order valence-corrected chi connectivity index (χ3v) is 5.25. The Morgan fingerprint density at radius 1 is 0.722 bits per heavy atom. The minimum Gasteiger partial charge on any atom is -0.480 e. The van der Waals surface area contributed by atoms with Gasteiger partial charge in [-0.15, -0.1) is 0 Å². The molecule has 0 rings (SSSR count). The van der Waals surface area contributed by atoms with Crippen LogP contribution in [-0.4, -0.2) is 71.3 Å². The second kappa shape index (κ2) is 17.2. The molecule has 0 heterocycles. The molecular formula is C22H41N7O7. The third-order valence-electron chi connectivity index (χ3n) is 5.25. The van der Waals surface area contributed by atoms with E-state index in [4.69, 9.17) is 22.9 Å². The lowest BCUT2D eigenvalue weighted by Crippen LogP contribution is -2.57. The summed E-state index contributed by atoms with van der Waals surface area (Å²) in [5, 5.41) is 16.7. The number of carboxylic acids is 1. The van der Waals surface area contributed by atoms with E-state index in [2.05, 4.69) is 16.0 Å². The maximum Gasteiger partial charge on any atom is 0.326 e. The predicted molar refractivity (Wildman–Crippen MR) is 131 cm³/mol.